The van der Waals surface area contributed by atoms with E-state index in [1.165, 1.54) is 22.5 Å². The number of hydrogen-bond donors (Lipinski definition) is 1. The number of piperidine rings is 1. The molecule has 1 aliphatic rings. The van der Waals surface area contributed by atoms with Crippen molar-refractivity contribution in [3.05, 3.63) is 28.8 Å². The van der Waals surface area contributed by atoms with Crippen LogP contribution in [0, 0.1) is 11.3 Å². The number of halogens is 1. The minimum Gasteiger partial charge on any atom is -0.328 e. The minimum atomic E-state index is -3.57. The summed E-state index contributed by atoms with van der Waals surface area (Å²) < 4.78 is 26.2. The van der Waals surface area contributed by atoms with Crippen molar-refractivity contribution < 1.29 is 8.42 Å². The summed E-state index contributed by atoms with van der Waals surface area (Å²) in [5.74, 6) is 0. The summed E-state index contributed by atoms with van der Waals surface area (Å²) in [6, 6.07) is 6.11. The number of nitrogens with zero attached hydrogens (tertiary/aromatic N) is 2. The molecule has 2 rings (SSSR count). The van der Waals surface area contributed by atoms with E-state index in [1.807, 2.05) is 6.07 Å². The predicted octanol–water partition coefficient (Wildman–Crippen LogP) is 1.32. The van der Waals surface area contributed by atoms with Gasteiger partial charge >= 0.3 is 0 Å². The first-order valence-corrected chi connectivity index (χ1v) is 7.72. The van der Waals surface area contributed by atoms with E-state index in [4.69, 9.17) is 22.6 Å². The first-order chi connectivity index (χ1) is 8.95. The van der Waals surface area contributed by atoms with Crippen LogP contribution >= 0.6 is 11.6 Å². The van der Waals surface area contributed by atoms with Crippen molar-refractivity contribution in [3.63, 3.8) is 0 Å². The van der Waals surface area contributed by atoms with E-state index in [1.54, 1.807) is 0 Å². The van der Waals surface area contributed by atoms with E-state index in [2.05, 4.69) is 0 Å². The van der Waals surface area contributed by atoms with Gasteiger partial charge in [0.15, 0.2) is 0 Å². The quantitative estimate of drug-likeness (QED) is 0.892. The van der Waals surface area contributed by atoms with Crippen molar-refractivity contribution in [3.8, 4) is 6.07 Å². The molecule has 0 spiro atoms. The Morgan fingerprint density at radius 2 is 2.00 bits per heavy atom. The summed E-state index contributed by atoms with van der Waals surface area (Å²) in [6.45, 7) is 0.821. The van der Waals surface area contributed by atoms with E-state index in [0.29, 0.717) is 25.9 Å². The number of nitrogens with two attached hydrogens (primary N) is 1. The largest absolute Gasteiger partial charge is 0.328 e. The molecule has 1 saturated heterocycles. The van der Waals surface area contributed by atoms with Gasteiger partial charge in [-0.15, -0.1) is 0 Å². The van der Waals surface area contributed by atoms with Crippen LogP contribution in [0.25, 0.3) is 0 Å². The first kappa shape index (κ1) is 14.3. The van der Waals surface area contributed by atoms with Gasteiger partial charge in [-0.2, -0.15) is 9.57 Å². The van der Waals surface area contributed by atoms with E-state index >= 15 is 0 Å². The normalized spacial score (nSPS) is 18.2. The topological polar surface area (TPSA) is 87.2 Å². The van der Waals surface area contributed by atoms with Crippen LogP contribution in [-0.2, 0) is 10.0 Å². The summed E-state index contributed by atoms with van der Waals surface area (Å²) in [5.41, 5.74) is 5.93. The number of hydrogen-bond acceptors (Lipinski definition) is 4. The van der Waals surface area contributed by atoms with E-state index in [0.717, 1.165) is 0 Å². The second kappa shape index (κ2) is 5.47. The van der Waals surface area contributed by atoms with Crippen LogP contribution in [0.4, 0.5) is 0 Å². The molecular weight excluding hydrogens is 286 g/mol. The molecular formula is C12H14ClN3O2S. The van der Waals surface area contributed by atoms with E-state index < -0.39 is 10.0 Å². The molecule has 0 unspecified atom stereocenters. The van der Waals surface area contributed by atoms with Crippen molar-refractivity contribution in [2.24, 2.45) is 5.73 Å². The van der Waals surface area contributed by atoms with Gasteiger partial charge < -0.3 is 5.73 Å². The van der Waals surface area contributed by atoms with Gasteiger partial charge in [0, 0.05) is 19.1 Å². The number of benzene rings is 1. The molecule has 0 saturated carbocycles. The molecule has 102 valence electrons. The number of rotatable bonds is 2. The lowest BCUT2D eigenvalue weighted by atomic mass is 10.1. The predicted molar refractivity (Wildman–Crippen MR) is 72.1 cm³/mol. The lowest BCUT2D eigenvalue weighted by Crippen LogP contribution is -2.42. The maximum Gasteiger partial charge on any atom is 0.243 e. The highest BCUT2D eigenvalue weighted by atomic mass is 35.5. The van der Waals surface area contributed by atoms with Gasteiger partial charge in [-0.3, -0.25) is 0 Å². The van der Waals surface area contributed by atoms with Crippen molar-refractivity contribution >= 4 is 21.6 Å². The zero-order valence-corrected chi connectivity index (χ0v) is 11.8. The van der Waals surface area contributed by atoms with Crippen LogP contribution in [0.3, 0.4) is 0 Å². The highest BCUT2D eigenvalue weighted by Gasteiger charge is 2.28. The Labute approximate surface area is 117 Å². The fourth-order valence-electron chi connectivity index (χ4n) is 2.02. The van der Waals surface area contributed by atoms with Crippen molar-refractivity contribution in [2.45, 2.75) is 23.8 Å². The third kappa shape index (κ3) is 2.90. The molecule has 19 heavy (non-hydrogen) atoms. The van der Waals surface area contributed by atoms with Crippen LogP contribution in [-0.4, -0.2) is 31.9 Å². The molecule has 0 atom stereocenters. The highest BCUT2D eigenvalue weighted by Crippen LogP contribution is 2.24. The van der Waals surface area contributed by atoms with Crippen LogP contribution < -0.4 is 5.73 Å². The zero-order valence-electron chi connectivity index (χ0n) is 10.2. The standard InChI is InChI=1S/C12H14ClN3O2S/c13-12-2-1-11(7-9(12)8-14)19(17,18)16-5-3-10(15)4-6-16/h1-2,7,10H,3-6,15H2. The Hall–Kier alpha value is -1.13. The van der Waals surface area contributed by atoms with Crippen molar-refractivity contribution in [2.75, 3.05) is 13.1 Å². The number of nitriles is 1. The Bertz CT molecular complexity index is 616. The maximum atomic E-state index is 12.4. The average molecular weight is 300 g/mol. The third-order valence-corrected chi connectivity index (χ3v) is 5.42. The third-order valence-electron chi connectivity index (χ3n) is 3.19. The van der Waals surface area contributed by atoms with Gasteiger partial charge in [0.05, 0.1) is 15.5 Å². The molecule has 0 bridgehead atoms. The summed E-state index contributed by atoms with van der Waals surface area (Å²) in [4.78, 5) is 0.101. The van der Waals surface area contributed by atoms with Gasteiger partial charge in [-0.1, -0.05) is 11.6 Å². The SMILES string of the molecule is N#Cc1cc(S(=O)(=O)N2CCC(N)CC2)ccc1Cl. The number of sulfonamides is 1. The van der Waals surface area contributed by atoms with Gasteiger partial charge in [0.1, 0.15) is 6.07 Å². The molecule has 0 aromatic heterocycles. The van der Waals surface area contributed by atoms with Gasteiger partial charge in [0.2, 0.25) is 10.0 Å². The van der Waals surface area contributed by atoms with E-state index in [9.17, 15) is 8.42 Å². The average Bonchev–Trinajstić information content (AvgIpc) is 2.39. The molecule has 1 fully saturated rings. The van der Waals surface area contributed by atoms with Crippen molar-refractivity contribution in [1.82, 2.24) is 4.31 Å². The van der Waals surface area contributed by atoms with Crippen LogP contribution in [0.1, 0.15) is 18.4 Å². The van der Waals surface area contributed by atoms with Crippen LogP contribution in [0.2, 0.25) is 5.02 Å². The lowest BCUT2D eigenvalue weighted by Gasteiger charge is -2.29. The van der Waals surface area contributed by atoms with Crippen LogP contribution in [0.5, 0.6) is 0 Å². The Kier molecular flexibility index (Phi) is 4.11. The van der Waals surface area contributed by atoms with E-state index in [-0.39, 0.29) is 21.5 Å². The summed E-state index contributed by atoms with van der Waals surface area (Å²) in [5, 5.41) is 9.15. The van der Waals surface area contributed by atoms with Crippen LogP contribution in [0.15, 0.2) is 23.1 Å². The maximum absolute atomic E-state index is 12.4. The fourth-order valence-corrected chi connectivity index (χ4v) is 3.67. The monoisotopic (exact) mass is 299 g/mol. The fraction of sp³-hybridized carbons (Fsp3) is 0.417. The zero-order chi connectivity index (χ0) is 14.0. The molecule has 0 amide bonds. The minimum absolute atomic E-state index is 0.0614. The lowest BCUT2D eigenvalue weighted by molar-refractivity contribution is 0.320. The van der Waals surface area contributed by atoms with Gasteiger partial charge in [-0.25, -0.2) is 8.42 Å². The second-order valence-corrected chi connectivity index (χ2v) is 6.84. The molecule has 1 heterocycles. The summed E-state index contributed by atoms with van der Waals surface area (Å²) >= 11 is 5.80. The van der Waals surface area contributed by atoms with Gasteiger partial charge in [0.25, 0.3) is 0 Å². The van der Waals surface area contributed by atoms with Crippen molar-refractivity contribution in [1.29, 1.82) is 5.26 Å². The molecule has 1 aliphatic heterocycles. The molecule has 1 aromatic rings. The summed E-state index contributed by atoms with van der Waals surface area (Å²) in [6.07, 6.45) is 1.30. The van der Waals surface area contributed by atoms with Gasteiger partial charge in [-0.05, 0) is 31.0 Å². The first-order valence-electron chi connectivity index (χ1n) is 5.90. The highest BCUT2D eigenvalue weighted by molar-refractivity contribution is 7.89. The second-order valence-electron chi connectivity index (χ2n) is 4.49. The Morgan fingerprint density at radius 3 is 2.58 bits per heavy atom. The molecule has 5 nitrogen and oxygen atoms in total. The molecule has 2 N–H and O–H groups in total. The Morgan fingerprint density at radius 1 is 1.37 bits per heavy atom. The molecule has 1 aromatic carbocycles. The Balaban J connectivity index is 2.32. The smallest absolute Gasteiger partial charge is 0.243 e. The molecule has 7 heteroatoms. The molecule has 0 aliphatic carbocycles. The molecule has 0 radical (unpaired) electrons. The summed E-state index contributed by atoms with van der Waals surface area (Å²) in [7, 11) is -3.57.